The summed E-state index contributed by atoms with van der Waals surface area (Å²) in [5.41, 5.74) is 1.50. The zero-order valence-corrected chi connectivity index (χ0v) is 19.0. The summed E-state index contributed by atoms with van der Waals surface area (Å²) in [6, 6.07) is 22.8. The maximum atomic E-state index is 13.8. The van der Waals surface area contributed by atoms with E-state index in [1.54, 1.807) is 48.5 Å². The fourth-order valence-corrected chi connectivity index (χ4v) is 6.05. The van der Waals surface area contributed by atoms with E-state index < -0.39 is 27.5 Å². The van der Waals surface area contributed by atoms with Gasteiger partial charge in [0.1, 0.15) is 5.71 Å². The third kappa shape index (κ3) is 3.13. The van der Waals surface area contributed by atoms with Gasteiger partial charge in [-0.3, -0.25) is 9.10 Å². The molecule has 2 heterocycles. The number of fused-ring (bicyclic) bond motifs is 3. The van der Waals surface area contributed by atoms with Crippen molar-refractivity contribution >= 4 is 27.4 Å². The summed E-state index contributed by atoms with van der Waals surface area (Å²) in [7, 11) is -2.72. The Morgan fingerprint density at radius 2 is 1.70 bits per heavy atom. The number of aryl methyl sites for hydroxylation is 1. The maximum absolute atomic E-state index is 13.8. The molecule has 33 heavy (non-hydrogen) atoms. The first-order chi connectivity index (χ1) is 15.9. The first-order valence-electron chi connectivity index (χ1n) is 10.5. The topological polar surface area (TPSA) is 85.3 Å². The van der Waals surface area contributed by atoms with Crippen LogP contribution in [0.4, 0.5) is 5.69 Å². The van der Waals surface area contributed by atoms with Gasteiger partial charge in [-0.15, -0.1) is 0 Å². The number of benzene rings is 3. The van der Waals surface area contributed by atoms with E-state index in [-0.39, 0.29) is 11.4 Å². The van der Waals surface area contributed by atoms with Crippen LogP contribution in [-0.2, 0) is 24.4 Å². The van der Waals surface area contributed by atoms with Crippen LogP contribution in [0.25, 0.3) is 0 Å². The minimum Gasteiger partial charge on any atom is -0.468 e. The number of esters is 1. The van der Waals surface area contributed by atoms with Crippen molar-refractivity contribution in [2.45, 2.75) is 17.9 Å². The number of sulfonamides is 1. The van der Waals surface area contributed by atoms with E-state index >= 15 is 0 Å². The Morgan fingerprint density at radius 1 is 1.03 bits per heavy atom. The fraction of sp³-hybridized carbons (Fsp3) is 0.200. The SMILES string of the molecule is COC(=O)[C@]12CN(S(=O)(=O)c3ccc(C)cc3)c3ccccc3C1=NO[C@H]2c1ccccc1. The van der Waals surface area contributed by atoms with Crippen LogP contribution >= 0.6 is 0 Å². The predicted octanol–water partition coefficient (Wildman–Crippen LogP) is 3.84. The highest BCUT2D eigenvalue weighted by Gasteiger charge is 2.62. The van der Waals surface area contributed by atoms with Gasteiger partial charge in [0.15, 0.2) is 11.5 Å². The lowest BCUT2D eigenvalue weighted by Gasteiger charge is -2.41. The number of ether oxygens (including phenoxy) is 1. The Bertz CT molecular complexity index is 1350. The molecule has 0 aliphatic carbocycles. The second-order valence-electron chi connectivity index (χ2n) is 8.14. The zero-order chi connectivity index (χ0) is 23.2. The van der Waals surface area contributed by atoms with Crippen LogP contribution in [0, 0.1) is 12.3 Å². The van der Waals surface area contributed by atoms with Crippen molar-refractivity contribution in [3.8, 4) is 0 Å². The van der Waals surface area contributed by atoms with E-state index in [0.717, 1.165) is 5.56 Å². The average Bonchev–Trinajstić information content (AvgIpc) is 3.24. The Labute approximate surface area is 192 Å². The molecule has 0 fully saturated rings. The number of para-hydroxylation sites is 1. The van der Waals surface area contributed by atoms with Gasteiger partial charge in [-0.25, -0.2) is 8.42 Å². The largest absolute Gasteiger partial charge is 0.468 e. The minimum absolute atomic E-state index is 0.137. The molecule has 0 saturated carbocycles. The van der Waals surface area contributed by atoms with E-state index in [2.05, 4.69) is 5.16 Å². The molecule has 2 atom stereocenters. The monoisotopic (exact) mass is 462 g/mol. The molecule has 0 spiro atoms. The van der Waals surface area contributed by atoms with Crippen LogP contribution in [0.1, 0.15) is 22.8 Å². The van der Waals surface area contributed by atoms with Gasteiger partial charge in [-0.1, -0.05) is 71.4 Å². The number of carbonyl (C=O) groups is 1. The quantitative estimate of drug-likeness (QED) is 0.550. The minimum atomic E-state index is -4.00. The lowest BCUT2D eigenvalue weighted by Crippen LogP contribution is -2.56. The number of nitrogens with zero attached hydrogens (tertiary/aromatic N) is 2. The Balaban J connectivity index is 1.74. The number of hydrogen-bond acceptors (Lipinski definition) is 6. The predicted molar refractivity (Wildman–Crippen MR) is 123 cm³/mol. The van der Waals surface area contributed by atoms with Crippen molar-refractivity contribution in [3.63, 3.8) is 0 Å². The van der Waals surface area contributed by atoms with E-state index in [0.29, 0.717) is 22.5 Å². The van der Waals surface area contributed by atoms with Gasteiger partial charge >= 0.3 is 5.97 Å². The molecule has 0 radical (unpaired) electrons. The molecule has 0 bridgehead atoms. The highest BCUT2D eigenvalue weighted by molar-refractivity contribution is 7.92. The lowest BCUT2D eigenvalue weighted by molar-refractivity contribution is -0.153. The second kappa shape index (κ2) is 7.74. The number of carbonyl (C=O) groups excluding carboxylic acids is 1. The van der Waals surface area contributed by atoms with E-state index in [1.807, 2.05) is 37.3 Å². The van der Waals surface area contributed by atoms with Crippen LogP contribution < -0.4 is 4.31 Å². The smallest absolute Gasteiger partial charge is 0.324 e. The standard InChI is InChI=1S/C25H22N2O5S/c1-17-12-14-19(15-13-17)33(29,30)27-16-25(24(28)31-2)22(20-10-6-7-11-21(20)27)26-32-23(25)18-8-4-3-5-9-18/h3-15,23H,16H2,1-2H3/t23-,25+/m0/s1. The van der Waals surface area contributed by atoms with Crippen LogP contribution in [0.5, 0.6) is 0 Å². The number of oxime groups is 1. The van der Waals surface area contributed by atoms with Crippen LogP contribution in [0.2, 0.25) is 0 Å². The first-order valence-corrected chi connectivity index (χ1v) is 11.9. The molecule has 0 N–H and O–H groups in total. The second-order valence-corrected chi connectivity index (χ2v) is 10.0. The van der Waals surface area contributed by atoms with Gasteiger partial charge in [0.05, 0.1) is 24.2 Å². The van der Waals surface area contributed by atoms with Gasteiger partial charge < -0.3 is 9.57 Å². The number of anilines is 1. The molecule has 7 nitrogen and oxygen atoms in total. The van der Waals surface area contributed by atoms with Gasteiger partial charge in [0.2, 0.25) is 0 Å². The van der Waals surface area contributed by atoms with Crippen molar-refractivity contribution in [1.29, 1.82) is 0 Å². The Hall–Kier alpha value is -3.65. The normalized spacial score (nSPS) is 21.5. The molecule has 2 aliphatic rings. The molecule has 0 amide bonds. The summed E-state index contributed by atoms with van der Waals surface area (Å²) in [6.45, 7) is 1.69. The number of rotatable bonds is 4. The molecule has 3 aromatic carbocycles. The zero-order valence-electron chi connectivity index (χ0n) is 18.1. The Kier molecular flexibility index (Phi) is 4.97. The van der Waals surface area contributed by atoms with E-state index in [4.69, 9.17) is 9.57 Å². The Morgan fingerprint density at radius 3 is 2.39 bits per heavy atom. The van der Waals surface area contributed by atoms with Crippen molar-refractivity contribution in [1.82, 2.24) is 0 Å². The van der Waals surface area contributed by atoms with Crippen molar-refractivity contribution in [2.75, 3.05) is 18.0 Å². The van der Waals surface area contributed by atoms with Crippen LogP contribution in [-0.4, -0.2) is 33.8 Å². The molecule has 0 saturated heterocycles. The third-order valence-electron chi connectivity index (χ3n) is 6.20. The van der Waals surface area contributed by atoms with Crippen LogP contribution in [0.15, 0.2) is 88.9 Å². The van der Waals surface area contributed by atoms with Gasteiger partial charge in [-0.05, 0) is 30.7 Å². The summed E-state index contributed by atoms with van der Waals surface area (Å²) < 4.78 is 34.2. The molecule has 8 heteroatoms. The summed E-state index contributed by atoms with van der Waals surface area (Å²) in [5.74, 6) is -0.605. The molecule has 3 aromatic rings. The fourth-order valence-electron chi connectivity index (χ4n) is 4.53. The van der Waals surface area contributed by atoms with E-state index in [9.17, 15) is 13.2 Å². The van der Waals surface area contributed by atoms with Gasteiger partial charge in [0.25, 0.3) is 10.0 Å². The van der Waals surface area contributed by atoms with Crippen molar-refractivity contribution < 1.29 is 22.8 Å². The summed E-state index contributed by atoms with van der Waals surface area (Å²) in [6.07, 6.45) is -0.842. The number of hydrogen-bond donors (Lipinski definition) is 0. The molecule has 2 aliphatic heterocycles. The number of methoxy groups -OCH3 is 1. The van der Waals surface area contributed by atoms with E-state index in [1.165, 1.54) is 11.4 Å². The van der Waals surface area contributed by atoms with Gasteiger partial charge in [-0.2, -0.15) is 0 Å². The van der Waals surface area contributed by atoms with Crippen LogP contribution in [0.3, 0.4) is 0 Å². The molecular weight excluding hydrogens is 440 g/mol. The molecular formula is C25H22N2O5S. The molecule has 0 unspecified atom stereocenters. The molecule has 5 rings (SSSR count). The lowest BCUT2D eigenvalue weighted by atomic mass is 9.71. The van der Waals surface area contributed by atoms with Crippen molar-refractivity contribution in [3.05, 3.63) is 95.6 Å². The first kappa shape index (κ1) is 21.2. The summed E-state index contributed by atoms with van der Waals surface area (Å²) >= 11 is 0. The van der Waals surface area contributed by atoms with Gasteiger partial charge in [0, 0.05) is 5.56 Å². The maximum Gasteiger partial charge on any atom is 0.324 e. The third-order valence-corrected chi connectivity index (χ3v) is 7.98. The summed E-state index contributed by atoms with van der Waals surface area (Å²) in [4.78, 5) is 19.4. The highest BCUT2D eigenvalue weighted by atomic mass is 32.2. The highest BCUT2D eigenvalue weighted by Crippen LogP contribution is 2.52. The molecule has 168 valence electrons. The van der Waals surface area contributed by atoms with Crippen molar-refractivity contribution in [2.24, 2.45) is 10.6 Å². The average molecular weight is 463 g/mol. The molecule has 0 aromatic heterocycles. The summed E-state index contributed by atoms with van der Waals surface area (Å²) in [5, 5.41) is 4.29.